The molecule has 4 heteroatoms. The van der Waals surface area contributed by atoms with Crippen LogP contribution in [0.3, 0.4) is 0 Å². The lowest BCUT2D eigenvalue weighted by atomic mass is 10.1. The monoisotopic (exact) mass is 251 g/mol. The van der Waals surface area contributed by atoms with Gasteiger partial charge in [0.2, 0.25) is 0 Å². The molecule has 18 heavy (non-hydrogen) atoms. The van der Waals surface area contributed by atoms with Crippen molar-refractivity contribution in [3.05, 3.63) is 23.8 Å². The average Bonchev–Trinajstić information content (AvgIpc) is 2.62. The maximum atomic E-state index is 5.90. The molecule has 0 saturated carbocycles. The van der Waals surface area contributed by atoms with Crippen LogP contribution >= 0.6 is 0 Å². The van der Waals surface area contributed by atoms with E-state index in [1.807, 2.05) is 18.2 Å². The Labute approximate surface area is 108 Å². The Hall–Kier alpha value is -1.26. The molecule has 1 aliphatic heterocycles. The van der Waals surface area contributed by atoms with Crippen molar-refractivity contribution in [1.82, 2.24) is 5.32 Å². The summed E-state index contributed by atoms with van der Waals surface area (Å²) in [6.45, 7) is 3.73. The first-order chi connectivity index (χ1) is 8.74. The Kier molecular flexibility index (Phi) is 4.44. The summed E-state index contributed by atoms with van der Waals surface area (Å²) in [7, 11) is 3.35. The third-order valence-corrected chi connectivity index (χ3v) is 3.31. The van der Waals surface area contributed by atoms with E-state index in [1.54, 1.807) is 14.2 Å². The number of nitrogens with one attached hydrogen (secondary N) is 1. The van der Waals surface area contributed by atoms with Crippen molar-refractivity contribution in [2.75, 3.05) is 27.4 Å². The molecule has 100 valence electrons. The van der Waals surface area contributed by atoms with Crippen molar-refractivity contribution in [3.8, 4) is 11.5 Å². The maximum Gasteiger partial charge on any atom is 0.124 e. The van der Waals surface area contributed by atoms with Crippen LogP contribution in [0.1, 0.15) is 25.0 Å². The molecule has 0 aromatic heterocycles. The van der Waals surface area contributed by atoms with Gasteiger partial charge in [-0.3, -0.25) is 0 Å². The van der Waals surface area contributed by atoms with Gasteiger partial charge >= 0.3 is 0 Å². The Morgan fingerprint density at radius 1 is 1.28 bits per heavy atom. The molecule has 0 bridgehead atoms. The standard InChI is InChI=1S/C14H21NO3/c1-10-6-7-18-14(9-15-10)12-8-11(16-2)4-5-13(12)17-3/h4-5,8,10,14-15H,6-7,9H2,1-3H3. The van der Waals surface area contributed by atoms with Crippen LogP contribution in [0.2, 0.25) is 0 Å². The molecule has 1 N–H and O–H groups in total. The van der Waals surface area contributed by atoms with Gasteiger partial charge in [-0.25, -0.2) is 0 Å². The smallest absolute Gasteiger partial charge is 0.124 e. The predicted molar refractivity (Wildman–Crippen MR) is 70.3 cm³/mol. The second kappa shape index (κ2) is 6.07. The van der Waals surface area contributed by atoms with Crippen molar-refractivity contribution in [2.24, 2.45) is 0 Å². The molecule has 0 amide bonds. The fourth-order valence-electron chi connectivity index (χ4n) is 2.15. The van der Waals surface area contributed by atoms with Gasteiger partial charge in [-0.05, 0) is 31.5 Å². The molecule has 1 aromatic rings. The molecule has 0 aliphatic carbocycles. The molecule has 2 atom stereocenters. The highest BCUT2D eigenvalue weighted by atomic mass is 16.5. The van der Waals surface area contributed by atoms with Gasteiger partial charge in [0.1, 0.15) is 11.5 Å². The van der Waals surface area contributed by atoms with Crippen molar-refractivity contribution >= 4 is 0 Å². The molecule has 0 radical (unpaired) electrons. The van der Waals surface area contributed by atoms with Crippen LogP contribution in [0.25, 0.3) is 0 Å². The lowest BCUT2D eigenvalue weighted by Crippen LogP contribution is -2.27. The second-order valence-electron chi connectivity index (χ2n) is 4.57. The Morgan fingerprint density at radius 3 is 2.83 bits per heavy atom. The summed E-state index contributed by atoms with van der Waals surface area (Å²) in [5.74, 6) is 1.67. The molecule has 1 fully saturated rings. The summed E-state index contributed by atoms with van der Waals surface area (Å²) >= 11 is 0. The van der Waals surface area contributed by atoms with Crippen molar-refractivity contribution in [1.29, 1.82) is 0 Å². The van der Waals surface area contributed by atoms with Gasteiger partial charge in [0.05, 0.1) is 20.3 Å². The average molecular weight is 251 g/mol. The van der Waals surface area contributed by atoms with Crippen LogP contribution in [0, 0.1) is 0 Å². The fourth-order valence-corrected chi connectivity index (χ4v) is 2.15. The predicted octanol–water partition coefficient (Wildman–Crippen LogP) is 2.14. The zero-order chi connectivity index (χ0) is 13.0. The van der Waals surface area contributed by atoms with Crippen LogP contribution < -0.4 is 14.8 Å². The molecular formula is C14H21NO3. The van der Waals surface area contributed by atoms with Crippen LogP contribution in [0.5, 0.6) is 11.5 Å². The summed E-state index contributed by atoms with van der Waals surface area (Å²) in [4.78, 5) is 0. The number of hydrogen-bond donors (Lipinski definition) is 1. The van der Waals surface area contributed by atoms with E-state index in [0.717, 1.165) is 36.6 Å². The van der Waals surface area contributed by atoms with Crippen LogP contribution in [0.15, 0.2) is 18.2 Å². The first kappa shape index (κ1) is 13.2. The van der Waals surface area contributed by atoms with Crippen molar-refractivity contribution in [2.45, 2.75) is 25.5 Å². The van der Waals surface area contributed by atoms with Gasteiger partial charge in [-0.1, -0.05) is 0 Å². The Bertz CT molecular complexity index is 395. The minimum Gasteiger partial charge on any atom is -0.497 e. The summed E-state index contributed by atoms with van der Waals surface area (Å²) in [6, 6.07) is 6.30. The fraction of sp³-hybridized carbons (Fsp3) is 0.571. The van der Waals surface area contributed by atoms with Crippen molar-refractivity contribution in [3.63, 3.8) is 0 Å². The minimum absolute atomic E-state index is 0.0139. The van der Waals surface area contributed by atoms with Gasteiger partial charge in [0.25, 0.3) is 0 Å². The Balaban J connectivity index is 2.24. The highest BCUT2D eigenvalue weighted by molar-refractivity contribution is 5.42. The van der Waals surface area contributed by atoms with Gasteiger partial charge < -0.3 is 19.5 Å². The third kappa shape index (κ3) is 2.94. The maximum absolute atomic E-state index is 5.90. The lowest BCUT2D eigenvalue weighted by molar-refractivity contribution is 0.0645. The topological polar surface area (TPSA) is 39.7 Å². The zero-order valence-electron chi connectivity index (χ0n) is 11.2. The quantitative estimate of drug-likeness (QED) is 0.893. The number of benzene rings is 1. The minimum atomic E-state index is 0.0139. The normalized spacial score (nSPS) is 24.4. The third-order valence-electron chi connectivity index (χ3n) is 3.31. The Morgan fingerprint density at radius 2 is 2.11 bits per heavy atom. The highest BCUT2D eigenvalue weighted by Crippen LogP contribution is 2.32. The number of methoxy groups -OCH3 is 2. The van der Waals surface area contributed by atoms with E-state index in [1.165, 1.54) is 0 Å². The molecular weight excluding hydrogens is 230 g/mol. The first-order valence-corrected chi connectivity index (χ1v) is 6.31. The molecule has 1 aliphatic rings. The second-order valence-corrected chi connectivity index (χ2v) is 4.57. The van der Waals surface area contributed by atoms with Gasteiger partial charge in [0, 0.05) is 24.8 Å². The van der Waals surface area contributed by atoms with Crippen LogP contribution in [0.4, 0.5) is 0 Å². The summed E-state index contributed by atoms with van der Waals surface area (Å²) in [5, 5.41) is 3.46. The van der Waals surface area contributed by atoms with Crippen LogP contribution in [-0.2, 0) is 4.74 Å². The molecule has 2 rings (SSSR count). The number of rotatable bonds is 3. The summed E-state index contributed by atoms with van der Waals surface area (Å²) < 4.78 is 16.6. The SMILES string of the molecule is COc1ccc(OC)c(C2CNC(C)CCO2)c1. The molecule has 1 aromatic carbocycles. The summed E-state index contributed by atoms with van der Waals surface area (Å²) in [5.41, 5.74) is 1.04. The highest BCUT2D eigenvalue weighted by Gasteiger charge is 2.21. The van der Waals surface area contributed by atoms with Crippen LogP contribution in [-0.4, -0.2) is 33.4 Å². The molecule has 1 heterocycles. The molecule has 1 saturated heterocycles. The molecule has 4 nitrogen and oxygen atoms in total. The van der Waals surface area contributed by atoms with E-state index in [9.17, 15) is 0 Å². The number of hydrogen-bond acceptors (Lipinski definition) is 4. The molecule has 0 spiro atoms. The first-order valence-electron chi connectivity index (χ1n) is 6.31. The zero-order valence-corrected chi connectivity index (χ0v) is 11.2. The van der Waals surface area contributed by atoms with Gasteiger partial charge in [-0.15, -0.1) is 0 Å². The van der Waals surface area contributed by atoms with Gasteiger partial charge in [-0.2, -0.15) is 0 Å². The van der Waals surface area contributed by atoms with E-state index >= 15 is 0 Å². The summed E-state index contributed by atoms with van der Waals surface area (Å²) in [6.07, 6.45) is 1.04. The van der Waals surface area contributed by atoms with E-state index in [2.05, 4.69) is 12.2 Å². The van der Waals surface area contributed by atoms with E-state index in [4.69, 9.17) is 14.2 Å². The van der Waals surface area contributed by atoms with E-state index in [-0.39, 0.29) is 6.10 Å². The van der Waals surface area contributed by atoms with E-state index < -0.39 is 0 Å². The number of ether oxygens (including phenoxy) is 3. The lowest BCUT2D eigenvalue weighted by Gasteiger charge is -2.19. The molecule has 2 unspecified atom stereocenters. The largest absolute Gasteiger partial charge is 0.497 e. The van der Waals surface area contributed by atoms with Gasteiger partial charge in [0.15, 0.2) is 0 Å². The van der Waals surface area contributed by atoms with E-state index in [0.29, 0.717) is 6.04 Å². The van der Waals surface area contributed by atoms with Crippen molar-refractivity contribution < 1.29 is 14.2 Å².